The monoisotopic (exact) mass is 324 g/mol. The molecule has 1 aromatic heterocycles. The maximum Gasteiger partial charge on any atom is 0.191 e. The Balaban J connectivity index is 2.84. The maximum absolute atomic E-state index is 13.3. The van der Waals surface area contributed by atoms with Gasteiger partial charge < -0.3 is 0 Å². The number of hydrogen-bond acceptors (Lipinski definition) is 2. The molecule has 0 spiro atoms. The highest BCUT2D eigenvalue weighted by Gasteiger charge is 2.11. The predicted molar refractivity (Wildman–Crippen MR) is 66.3 cm³/mol. The predicted octanol–water partition coefficient (Wildman–Crippen LogP) is 4.37. The Kier molecular flexibility index (Phi) is 2.80. The molecule has 13 heavy (non-hydrogen) atoms. The Morgan fingerprint density at radius 2 is 2.23 bits per heavy atom. The molecule has 0 aliphatic carbocycles. The quantitative estimate of drug-likeness (QED) is 0.555. The van der Waals surface area contributed by atoms with Gasteiger partial charge in [-0.2, -0.15) is 4.39 Å². The number of fused-ring (bicyclic) bond motifs is 1. The molecule has 0 aliphatic rings. The van der Waals surface area contributed by atoms with Crippen LogP contribution < -0.4 is 0 Å². The largest absolute Gasteiger partial charge is 0.194 e. The third kappa shape index (κ3) is 1.59. The van der Waals surface area contributed by atoms with Gasteiger partial charge in [0.05, 0.1) is 8.27 Å². The zero-order valence-electron chi connectivity index (χ0n) is 6.80. The van der Waals surface area contributed by atoms with Crippen molar-refractivity contribution in [3.8, 4) is 0 Å². The van der Waals surface area contributed by atoms with E-state index < -0.39 is 0 Å². The van der Waals surface area contributed by atoms with Gasteiger partial charge in [-0.3, -0.25) is 0 Å². The van der Waals surface area contributed by atoms with Crippen LogP contribution in [0.5, 0.6) is 0 Å². The second-order valence-electron chi connectivity index (χ2n) is 2.53. The van der Waals surface area contributed by atoms with Gasteiger partial charge in [-0.05, 0) is 34.9 Å². The lowest BCUT2D eigenvalue weighted by molar-refractivity contribution is 0.652. The fraction of sp³-hybridized carbons (Fsp3) is 0.111. The molecule has 0 nitrogen and oxygen atoms in total. The zero-order valence-corrected chi connectivity index (χ0v) is 10.6. The molecule has 1 heterocycles. The molecule has 0 fully saturated rings. The van der Waals surface area contributed by atoms with Crippen molar-refractivity contribution in [2.75, 3.05) is 6.26 Å². The number of hydrogen-bond donors (Lipinski definition) is 0. The minimum atomic E-state index is -0.0721. The van der Waals surface area contributed by atoms with E-state index >= 15 is 0 Å². The van der Waals surface area contributed by atoms with Gasteiger partial charge in [-0.15, -0.1) is 23.1 Å². The molecule has 0 aliphatic heterocycles. The first-order chi connectivity index (χ1) is 6.24. The summed E-state index contributed by atoms with van der Waals surface area (Å²) < 4.78 is 15.1. The van der Waals surface area contributed by atoms with Gasteiger partial charge in [0, 0.05) is 10.3 Å². The van der Waals surface area contributed by atoms with E-state index in [0.717, 1.165) is 18.6 Å². The van der Waals surface area contributed by atoms with Gasteiger partial charge in [0.1, 0.15) is 0 Å². The van der Waals surface area contributed by atoms with Crippen molar-refractivity contribution in [1.29, 1.82) is 0 Å². The number of rotatable bonds is 1. The standard InChI is InChI=1S/C9H6FIS2/c1-12-6-4-2-3-5-7(11)9(10)13-8(5)6/h2-4H,1H3. The van der Waals surface area contributed by atoms with E-state index in [1.54, 1.807) is 11.8 Å². The van der Waals surface area contributed by atoms with Crippen molar-refractivity contribution in [3.05, 3.63) is 26.9 Å². The Labute approximate surface area is 97.7 Å². The van der Waals surface area contributed by atoms with Crippen LogP contribution in [0.15, 0.2) is 23.1 Å². The highest BCUT2D eigenvalue weighted by molar-refractivity contribution is 14.1. The van der Waals surface area contributed by atoms with E-state index in [0.29, 0.717) is 0 Å². The summed E-state index contributed by atoms with van der Waals surface area (Å²) >= 11 is 4.95. The zero-order chi connectivity index (χ0) is 9.42. The van der Waals surface area contributed by atoms with Crippen LogP contribution in [-0.2, 0) is 0 Å². The van der Waals surface area contributed by atoms with Gasteiger partial charge in [0.15, 0.2) is 5.13 Å². The smallest absolute Gasteiger partial charge is 0.191 e. The average molecular weight is 324 g/mol. The van der Waals surface area contributed by atoms with Gasteiger partial charge in [-0.1, -0.05) is 12.1 Å². The van der Waals surface area contributed by atoms with Crippen LogP contribution in [0.3, 0.4) is 0 Å². The second kappa shape index (κ2) is 3.74. The molecule has 0 radical (unpaired) electrons. The fourth-order valence-corrected chi connectivity index (χ4v) is 3.87. The number of thioether (sulfide) groups is 1. The van der Waals surface area contributed by atoms with Crippen molar-refractivity contribution in [3.63, 3.8) is 0 Å². The van der Waals surface area contributed by atoms with Crippen molar-refractivity contribution < 1.29 is 4.39 Å². The number of benzene rings is 1. The van der Waals surface area contributed by atoms with Crippen LogP contribution in [-0.4, -0.2) is 6.26 Å². The molecule has 0 bridgehead atoms. The first-order valence-corrected chi connectivity index (χ1v) is 6.76. The summed E-state index contributed by atoms with van der Waals surface area (Å²) in [4.78, 5) is 1.16. The first kappa shape index (κ1) is 9.73. The highest BCUT2D eigenvalue weighted by Crippen LogP contribution is 2.36. The Morgan fingerprint density at radius 1 is 1.46 bits per heavy atom. The first-order valence-electron chi connectivity index (χ1n) is 3.64. The number of halogens is 2. The summed E-state index contributed by atoms with van der Waals surface area (Å²) in [5.74, 6) is 0. The lowest BCUT2D eigenvalue weighted by Gasteiger charge is -1.96. The molecule has 4 heteroatoms. The maximum atomic E-state index is 13.3. The molecule has 1 aromatic carbocycles. The Bertz CT molecular complexity index is 450. The van der Waals surface area contributed by atoms with E-state index in [4.69, 9.17) is 0 Å². The fourth-order valence-electron chi connectivity index (χ4n) is 1.19. The van der Waals surface area contributed by atoms with E-state index in [2.05, 4.69) is 22.6 Å². The SMILES string of the molecule is CSc1cccc2c(I)c(F)sc12. The Hall–Kier alpha value is 0.190. The summed E-state index contributed by atoms with van der Waals surface area (Å²) in [5, 5.41) is 0.965. The normalized spacial score (nSPS) is 11.0. The van der Waals surface area contributed by atoms with Crippen LogP contribution in [0.2, 0.25) is 0 Å². The molecule has 0 saturated heterocycles. The minimum Gasteiger partial charge on any atom is -0.194 e. The van der Waals surface area contributed by atoms with Gasteiger partial charge in [0.25, 0.3) is 0 Å². The van der Waals surface area contributed by atoms with Crippen molar-refractivity contribution in [2.45, 2.75) is 4.90 Å². The van der Waals surface area contributed by atoms with E-state index in [1.165, 1.54) is 11.3 Å². The minimum absolute atomic E-state index is 0.0721. The Morgan fingerprint density at radius 3 is 2.92 bits per heavy atom. The van der Waals surface area contributed by atoms with Crippen molar-refractivity contribution in [1.82, 2.24) is 0 Å². The molecule has 0 saturated carbocycles. The molecule has 68 valence electrons. The average Bonchev–Trinajstić information content (AvgIpc) is 2.43. The molecule has 2 aromatic rings. The molecule has 2 rings (SSSR count). The van der Waals surface area contributed by atoms with Crippen LogP contribution in [0.25, 0.3) is 10.1 Å². The van der Waals surface area contributed by atoms with E-state index in [1.807, 2.05) is 24.5 Å². The van der Waals surface area contributed by atoms with Gasteiger partial charge in [-0.25, -0.2) is 0 Å². The van der Waals surface area contributed by atoms with Gasteiger partial charge >= 0.3 is 0 Å². The van der Waals surface area contributed by atoms with Crippen molar-refractivity contribution >= 4 is 55.8 Å². The summed E-state index contributed by atoms with van der Waals surface area (Å²) in [6.07, 6.45) is 2.01. The third-order valence-corrected chi connectivity index (χ3v) is 5.16. The second-order valence-corrected chi connectivity index (χ2v) is 5.42. The lowest BCUT2D eigenvalue weighted by atomic mass is 10.3. The van der Waals surface area contributed by atoms with Crippen LogP contribution in [0.4, 0.5) is 4.39 Å². The molecule has 0 atom stereocenters. The molecule has 0 unspecified atom stereocenters. The summed E-state index contributed by atoms with van der Waals surface area (Å²) in [5.41, 5.74) is 0. The number of thiophene rings is 1. The lowest BCUT2D eigenvalue weighted by Crippen LogP contribution is -1.71. The molecular formula is C9H6FIS2. The van der Waals surface area contributed by atoms with Crippen LogP contribution in [0, 0.1) is 8.70 Å². The summed E-state index contributed by atoms with van der Waals surface area (Å²) in [6, 6.07) is 5.97. The van der Waals surface area contributed by atoms with Crippen molar-refractivity contribution in [2.24, 2.45) is 0 Å². The molecular weight excluding hydrogens is 318 g/mol. The topological polar surface area (TPSA) is 0 Å². The third-order valence-electron chi connectivity index (χ3n) is 1.80. The van der Waals surface area contributed by atoms with E-state index in [9.17, 15) is 4.39 Å². The molecule has 0 N–H and O–H groups in total. The summed E-state index contributed by atoms with van der Waals surface area (Å²) in [6.45, 7) is 0. The van der Waals surface area contributed by atoms with Crippen LogP contribution in [0.1, 0.15) is 0 Å². The molecule has 0 amide bonds. The van der Waals surface area contributed by atoms with E-state index in [-0.39, 0.29) is 5.13 Å². The van der Waals surface area contributed by atoms with Crippen LogP contribution >= 0.6 is 45.7 Å². The van der Waals surface area contributed by atoms with Gasteiger partial charge in [0.2, 0.25) is 0 Å². The summed E-state index contributed by atoms with van der Waals surface area (Å²) in [7, 11) is 0. The highest BCUT2D eigenvalue weighted by atomic mass is 127.